The van der Waals surface area contributed by atoms with Crippen molar-refractivity contribution in [3.8, 4) is 17.1 Å². The van der Waals surface area contributed by atoms with Gasteiger partial charge in [-0.25, -0.2) is 0 Å². The lowest BCUT2D eigenvalue weighted by atomic mass is 9.95. The van der Waals surface area contributed by atoms with Gasteiger partial charge in [0.2, 0.25) is 11.7 Å². The van der Waals surface area contributed by atoms with Crippen LogP contribution in [0, 0.1) is 5.92 Å². The van der Waals surface area contributed by atoms with Gasteiger partial charge in [-0.15, -0.1) is 0 Å². The predicted molar refractivity (Wildman–Crippen MR) is 83.3 cm³/mol. The molecule has 1 aromatic heterocycles. The Bertz CT molecular complexity index is 609. The molecule has 6 heteroatoms. The molecule has 1 N–H and O–H groups in total. The summed E-state index contributed by atoms with van der Waals surface area (Å²) in [6.07, 6.45) is 3.21. The summed E-state index contributed by atoms with van der Waals surface area (Å²) in [5, 5.41) is 7.45. The van der Waals surface area contributed by atoms with Crippen LogP contribution in [-0.4, -0.2) is 30.3 Å². The van der Waals surface area contributed by atoms with Crippen LogP contribution < -0.4 is 10.1 Å². The first-order valence-corrected chi connectivity index (χ1v) is 7.93. The van der Waals surface area contributed by atoms with E-state index in [2.05, 4.69) is 31.4 Å². The second-order valence-electron chi connectivity index (χ2n) is 5.26. The fourth-order valence-electron chi connectivity index (χ4n) is 2.59. The van der Waals surface area contributed by atoms with Crippen LogP contribution >= 0.6 is 15.9 Å². The lowest BCUT2D eigenvalue weighted by Crippen LogP contribution is -2.28. The maximum Gasteiger partial charge on any atom is 0.227 e. The molecule has 0 saturated carbocycles. The molecule has 1 aliphatic rings. The highest BCUT2D eigenvalue weighted by atomic mass is 79.9. The molecule has 2 heterocycles. The molecule has 0 unspecified atom stereocenters. The SMILES string of the molecule is COc1ccc(-c2noc(CC3CCNCC3)n2)cc1Br. The molecule has 3 rings (SSSR count). The Balaban J connectivity index is 1.73. The normalized spacial score (nSPS) is 16.1. The van der Waals surface area contributed by atoms with E-state index in [1.807, 2.05) is 18.2 Å². The third-order valence-corrected chi connectivity index (χ3v) is 4.42. The first-order valence-electron chi connectivity index (χ1n) is 7.13. The van der Waals surface area contributed by atoms with Crippen LogP contribution in [0.3, 0.4) is 0 Å². The summed E-state index contributed by atoms with van der Waals surface area (Å²) in [5.41, 5.74) is 0.919. The Morgan fingerprint density at radius 1 is 1.38 bits per heavy atom. The van der Waals surface area contributed by atoms with E-state index in [1.54, 1.807) is 7.11 Å². The smallest absolute Gasteiger partial charge is 0.227 e. The Morgan fingerprint density at radius 3 is 2.90 bits per heavy atom. The maximum absolute atomic E-state index is 5.39. The third kappa shape index (κ3) is 3.44. The number of hydrogen-bond donors (Lipinski definition) is 1. The highest BCUT2D eigenvalue weighted by Crippen LogP contribution is 2.29. The van der Waals surface area contributed by atoms with Crippen LogP contribution in [-0.2, 0) is 6.42 Å². The number of benzene rings is 1. The minimum absolute atomic E-state index is 0.627. The lowest BCUT2D eigenvalue weighted by molar-refractivity contribution is 0.313. The first-order chi connectivity index (χ1) is 10.3. The number of aromatic nitrogens is 2. The summed E-state index contributed by atoms with van der Waals surface area (Å²) < 4.78 is 11.5. The van der Waals surface area contributed by atoms with Gasteiger partial charge in [0.25, 0.3) is 0 Å². The van der Waals surface area contributed by atoms with Crippen molar-refractivity contribution >= 4 is 15.9 Å². The largest absolute Gasteiger partial charge is 0.496 e. The minimum atomic E-state index is 0.627. The van der Waals surface area contributed by atoms with Gasteiger partial charge in [0, 0.05) is 12.0 Å². The molecule has 0 spiro atoms. The van der Waals surface area contributed by atoms with Crippen LogP contribution in [0.2, 0.25) is 0 Å². The molecule has 21 heavy (non-hydrogen) atoms. The van der Waals surface area contributed by atoms with Crippen LogP contribution in [0.1, 0.15) is 18.7 Å². The van der Waals surface area contributed by atoms with Gasteiger partial charge in [-0.3, -0.25) is 0 Å². The van der Waals surface area contributed by atoms with Crippen LogP contribution in [0.15, 0.2) is 27.2 Å². The van der Waals surface area contributed by atoms with E-state index in [9.17, 15) is 0 Å². The molecule has 0 radical (unpaired) electrons. The molecule has 0 aliphatic carbocycles. The van der Waals surface area contributed by atoms with Gasteiger partial charge in [0.05, 0.1) is 11.6 Å². The molecule has 112 valence electrons. The van der Waals surface area contributed by atoms with Crippen LogP contribution in [0.5, 0.6) is 5.75 Å². The monoisotopic (exact) mass is 351 g/mol. The van der Waals surface area contributed by atoms with E-state index in [4.69, 9.17) is 9.26 Å². The van der Waals surface area contributed by atoms with Gasteiger partial charge in [-0.1, -0.05) is 5.16 Å². The van der Waals surface area contributed by atoms with Crippen LogP contribution in [0.4, 0.5) is 0 Å². The lowest BCUT2D eigenvalue weighted by Gasteiger charge is -2.20. The van der Waals surface area contributed by atoms with Crippen LogP contribution in [0.25, 0.3) is 11.4 Å². The predicted octanol–water partition coefficient (Wildman–Crippen LogP) is 3.05. The van der Waals surface area contributed by atoms with Crippen molar-refractivity contribution in [2.45, 2.75) is 19.3 Å². The molecule has 0 bridgehead atoms. The quantitative estimate of drug-likeness (QED) is 0.917. The number of nitrogens with one attached hydrogen (secondary N) is 1. The molecule has 1 aromatic carbocycles. The zero-order chi connectivity index (χ0) is 14.7. The fourth-order valence-corrected chi connectivity index (χ4v) is 3.13. The molecule has 1 fully saturated rings. The number of ether oxygens (including phenoxy) is 1. The standard InChI is InChI=1S/C15H18BrN3O2/c1-20-13-3-2-11(9-12(13)16)15-18-14(21-19-15)8-10-4-6-17-7-5-10/h2-3,9-10,17H,4-8H2,1H3. The summed E-state index contributed by atoms with van der Waals surface area (Å²) >= 11 is 3.47. The number of piperidine rings is 1. The fraction of sp³-hybridized carbons (Fsp3) is 0.467. The number of methoxy groups -OCH3 is 1. The average molecular weight is 352 g/mol. The summed E-state index contributed by atoms with van der Waals surface area (Å²) in [6, 6.07) is 5.77. The Labute approximate surface area is 132 Å². The summed E-state index contributed by atoms with van der Waals surface area (Å²) in [5.74, 6) is 2.78. The van der Waals surface area contributed by atoms with Crippen molar-refractivity contribution in [2.24, 2.45) is 5.92 Å². The number of nitrogens with zero attached hydrogens (tertiary/aromatic N) is 2. The minimum Gasteiger partial charge on any atom is -0.496 e. The van der Waals surface area contributed by atoms with Gasteiger partial charge in [-0.05, 0) is 66.0 Å². The number of hydrogen-bond acceptors (Lipinski definition) is 5. The topological polar surface area (TPSA) is 60.2 Å². The zero-order valence-electron chi connectivity index (χ0n) is 11.9. The second kappa shape index (κ2) is 6.58. The van der Waals surface area contributed by atoms with Gasteiger partial charge >= 0.3 is 0 Å². The highest BCUT2D eigenvalue weighted by Gasteiger charge is 2.18. The zero-order valence-corrected chi connectivity index (χ0v) is 13.5. The summed E-state index contributed by atoms with van der Waals surface area (Å²) in [7, 11) is 1.64. The molecular formula is C15H18BrN3O2. The molecular weight excluding hydrogens is 334 g/mol. The highest BCUT2D eigenvalue weighted by molar-refractivity contribution is 9.10. The van der Waals surface area contributed by atoms with E-state index < -0.39 is 0 Å². The molecule has 1 saturated heterocycles. The van der Waals surface area contributed by atoms with Crippen molar-refractivity contribution in [1.29, 1.82) is 0 Å². The molecule has 1 aliphatic heterocycles. The molecule has 5 nitrogen and oxygen atoms in total. The van der Waals surface area contributed by atoms with Gasteiger partial charge in [-0.2, -0.15) is 4.98 Å². The molecule has 0 amide bonds. The van der Waals surface area contributed by atoms with Gasteiger partial charge in [0.1, 0.15) is 5.75 Å². The van der Waals surface area contributed by atoms with Gasteiger partial charge in [0.15, 0.2) is 0 Å². The Morgan fingerprint density at radius 2 is 2.19 bits per heavy atom. The summed E-state index contributed by atoms with van der Waals surface area (Å²) in [6.45, 7) is 2.16. The second-order valence-corrected chi connectivity index (χ2v) is 6.11. The molecule has 0 atom stereocenters. The Kier molecular flexibility index (Phi) is 4.55. The molecule has 2 aromatic rings. The van der Waals surface area contributed by atoms with Crippen molar-refractivity contribution < 1.29 is 9.26 Å². The van der Waals surface area contributed by atoms with Gasteiger partial charge < -0.3 is 14.6 Å². The van der Waals surface area contributed by atoms with E-state index in [1.165, 1.54) is 12.8 Å². The number of rotatable bonds is 4. The van der Waals surface area contributed by atoms with E-state index in [0.29, 0.717) is 11.7 Å². The van der Waals surface area contributed by atoms with Crippen molar-refractivity contribution in [3.63, 3.8) is 0 Å². The van der Waals surface area contributed by atoms with E-state index in [-0.39, 0.29) is 0 Å². The summed E-state index contributed by atoms with van der Waals surface area (Å²) in [4.78, 5) is 4.51. The third-order valence-electron chi connectivity index (χ3n) is 3.80. The van der Waals surface area contributed by atoms with E-state index >= 15 is 0 Å². The maximum atomic E-state index is 5.39. The first kappa shape index (κ1) is 14.5. The van der Waals surface area contributed by atoms with Crippen molar-refractivity contribution in [3.05, 3.63) is 28.6 Å². The average Bonchev–Trinajstić information content (AvgIpc) is 2.97. The number of halogens is 1. The van der Waals surface area contributed by atoms with Crippen molar-refractivity contribution in [1.82, 2.24) is 15.5 Å². The van der Waals surface area contributed by atoms with Crippen molar-refractivity contribution in [2.75, 3.05) is 20.2 Å². The Hall–Kier alpha value is -1.40. The van der Waals surface area contributed by atoms with E-state index in [0.717, 1.165) is 41.2 Å².